The Hall–Kier alpha value is -3.35. The van der Waals surface area contributed by atoms with Crippen molar-refractivity contribution in [3.05, 3.63) is 59.7 Å². The van der Waals surface area contributed by atoms with Gasteiger partial charge in [0.05, 0.1) is 5.41 Å². The predicted molar refractivity (Wildman–Crippen MR) is 124 cm³/mol. The van der Waals surface area contributed by atoms with Crippen molar-refractivity contribution in [1.82, 2.24) is 10.6 Å². The molecule has 0 aromatic heterocycles. The Morgan fingerprint density at radius 3 is 2.15 bits per heavy atom. The molecule has 7 heteroatoms. The number of carboxylic acid groups (broad SMARTS) is 1. The van der Waals surface area contributed by atoms with Gasteiger partial charge in [0.25, 0.3) is 0 Å². The predicted octanol–water partition coefficient (Wildman–Crippen LogP) is 4.06. The van der Waals surface area contributed by atoms with Gasteiger partial charge in [0.2, 0.25) is 5.91 Å². The summed E-state index contributed by atoms with van der Waals surface area (Å²) in [7, 11) is 0. The minimum absolute atomic E-state index is 0.0603. The average Bonchev–Trinajstić information content (AvgIpc) is 3.44. The average molecular weight is 451 g/mol. The standard InChI is InChI=1S/C26H30N2O5/c1-2-22(23(29)27-16-26(24(30)31)13-7-8-14-26)28-25(32)33-15-21-19-11-5-3-9-17(19)18-10-4-6-12-20(18)21/h3-6,9-12,21-22H,2,7-8,13-16H2,1H3,(H,27,29)(H,28,32)(H,30,31)/t22-/m1/s1. The normalized spacial score (nSPS) is 17.0. The van der Waals surface area contributed by atoms with Gasteiger partial charge in [0.15, 0.2) is 0 Å². The molecule has 2 aliphatic rings. The van der Waals surface area contributed by atoms with Crippen LogP contribution in [-0.4, -0.2) is 42.3 Å². The lowest BCUT2D eigenvalue weighted by Crippen LogP contribution is -2.50. The zero-order valence-electron chi connectivity index (χ0n) is 18.8. The van der Waals surface area contributed by atoms with Crippen molar-refractivity contribution >= 4 is 18.0 Å². The van der Waals surface area contributed by atoms with E-state index < -0.39 is 29.4 Å². The van der Waals surface area contributed by atoms with Gasteiger partial charge in [-0.2, -0.15) is 0 Å². The first-order chi connectivity index (χ1) is 15.9. The van der Waals surface area contributed by atoms with E-state index in [1.165, 1.54) is 0 Å². The largest absolute Gasteiger partial charge is 0.481 e. The van der Waals surface area contributed by atoms with E-state index in [0.29, 0.717) is 19.3 Å². The van der Waals surface area contributed by atoms with Crippen molar-refractivity contribution in [2.24, 2.45) is 5.41 Å². The fraction of sp³-hybridized carbons (Fsp3) is 0.423. The molecule has 2 amide bonds. The monoisotopic (exact) mass is 450 g/mol. The molecule has 3 N–H and O–H groups in total. The number of benzene rings is 2. The lowest BCUT2D eigenvalue weighted by Gasteiger charge is -2.25. The number of fused-ring (bicyclic) bond motifs is 3. The second kappa shape index (κ2) is 9.65. The van der Waals surface area contributed by atoms with Crippen LogP contribution in [0.2, 0.25) is 0 Å². The lowest BCUT2D eigenvalue weighted by molar-refractivity contribution is -0.148. The smallest absolute Gasteiger partial charge is 0.407 e. The van der Waals surface area contributed by atoms with Crippen LogP contribution in [0.15, 0.2) is 48.5 Å². The molecule has 7 nitrogen and oxygen atoms in total. The Morgan fingerprint density at radius 2 is 1.61 bits per heavy atom. The number of alkyl carbamates (subject to hydrolysis) is 1. The van der Waals surface area contributed by atoms with Crippen LogP contribution in [0.5, 0.6) is 0 Å². The van der Waals surface area contributed by atoms with Gasteiger partial charge in [0.1, 0.15) is 12.6 Å². The number of rotatable bonds is 8. The second-order valence-corrected chi connectivity index (χ2v) is 8.94. The maximum atomic E-state index is 12.6. The van der Waals surface area contributed by atoms with Crippen molar-refractivity contribution in [2.75, 3.05) is 13.2 Å². The quantitative estimate of drug-likeness (QED) is 0.562. The summed E-state index contributed by atoms with van der Waals surface area (Å²) in [5.41, 5.74) is 3.62. The van der Waals surface area contributed by atoms with E-state index >= 15 is 0 Å². The highest BCUT2D eigenvalue weighted by Crippen LogP contribution is 2.44. The Labute approximate surface area is 193 Å². The molecule has 174 valence electrons. The zero-order chi connectivity index (χ0) is 23.4. The van der Waals surface area contributed by atoms with Crippen LogP contribution in [0.1, 0.15) is 56.1 Å². The molecule has 2 aromatic rings. The first kappa shape index (κ1) is 22.8. The number of carbonyl (C=O) groups is 3. The number of carboxylic acids is 1. The molecule has 0 saturated heterocycles. The molecule has 0 aliphatic heterocycles. The zero-order valence-corrected chi connectivity index (χ0v) is 18.8. The van der Waals surface area contributed by atoms with Crippen LogP contribution in [0.3, 0.4) is 0 Å². The van der Waals surface area contributed by atoms with Crippen LogP contribution in [-0.2, 0) is 14.3 Å². The Balaban J connectivity index is 1.34. The van der Waals surface area contributed by atoms with Gasteiger partial charge < -0.3 is 20.5 Å². The van der Waals surface area contributed by atoms with Crippen molar-refractivity contribution in [3.63, 3.8) is 0 Å². The van der Waals surface area contributed by atoms with E-state index in [0.717, 1.165) is 35.1 Å². The minimum atomic E-state index is -0.905. The van der Waals surface area contributed by atoms with E-state index in [9.17, 15) is 19.5 Å². The van der Waals surface area contributed by atoms with Gasteiger partial charge in [-0.3, -0.25) is 9.59 Å². The number of amides is 2. The summed E-state index contributed by atoms with van der Waals surface area (Å²) < 4.78 is 5.53. The molecule has 0 unspecified atom stereocenters. The third kappa shape index (κ3) is 4.58. The number of hydrogen-bond donors (Lipinski definition) is 3. The maximum Gasteiger partial charge on any atom is 0.407 e. The molecule has 0 spiro atoms. The molecular weight excluding hydrogens is 420 g/mol. The van der Waals surface area contributed by atoms with Gasteiger partial charge in [-0.05, 0) is 41.5 Å². The van der Waals surface area contributed by atoms with Crippen LogP contribution in [0.4, 0.5) is 4.79 Å². The molecule has 1 fully saturated rings. The molecule has 0 bridgehead atoms. The minimum Gasteiger partial charge on any atom is -0.481 e. The second-order valence-electron chi connectivity index (χ2n) is 8.94. The summed E-state index contributed by atoms with van der Waals surface area (Å²) in [4.78, 5) is 36.9. The highest BCUT2D eigenvalue weighted by molar-refractivity contribution is 5.86. The van der Waals surface area contributed by atoms with Gasteiger partial charge in [-0.1, -0.05) is 68.3 Å². The van der Waals surface area contributed by atoms with E-state index in [1.807, 2.05) is 36.4 Å². The van der Waals surface area contributed by atoms with Crippen molar-refractivity contribution in [2.45, 2.75) is 51.0 Å². The SMILES string of the molecule is CC[C@@H](NC(=O)OCC1c2ccccc2-c2ccccc21)C(=O)NCC1(C(=O)O)CCCC1. The van der Waals surface area contributed by atoms with Crippen LogP contribution >= 0.6 is 0 Å². The summed E-state index contributed by atoms with van der Waals surface area (Å²) in [6.07, 6.45) is 2.51. The lowest BCUT2D eigenvalue weighted by atomic mass is 9.86. The van der Waals surface area contributed by atoms with E-state index in [2.05, 4.69) is 22.8 Å². The number of carbonyl (C=O) groups excluding carboxylic acids is 2. The van der Waals surface area contributed by atoms with Crippen LogP contribution in [0, 0.1) is 5.41 Å². The first-order valence-corrected chi connectivity index (χ1v) is 11.6. The Morgan fingerprint density at radius 1 is 1.03 bits per heavy atom. The fourth-order valence-electron chi connectivity index (χ4n) is 5.03. The summed E-state index contributed by atoms with van der Waals surface area (Å²) in [6.45, 7) is 2.03. The molecule has 1 saturated carbocycles. The van der Waals surface area contributed by atoms with Crippen molar-refractivity contribution in [3.8, 4) is 11.1 Å². The van der Waals surface area contributed by atoms with Gasteiger partial charge >= 0.3 is 12.1 Å². The van der Waals surface area contributed by atoms with Crippen molar-refractivity contribution in [1.29, 1.82) is 0 Å². The highest BCUT2D eigenvalue weighted by Gasteiger charge is 2.41. The number of hydrogen-bond acceptors (Lipinski definition) is 4. The van der Waals surface area contributed by atoms with E-state index in [4.69, 9.17) is 4.74 Å². The summed E-state index contributed by atoms with van der Waals surface area (Å²) in [6, 6.07) is 15.4. The topological polar surface area (TPSA) is 105 Å². The molecule has 0 radical (unpaired) electrons. The van der Waals surface area contributed by atoms with E-state index in [-0.39, 0.29) is 19.1 Å². The highest BCUT2D eigenvalue weighted by atomic mass is 16.5. The molecule has 0 heterocycles. The molecule has 4 rings (SSSR count). The van der Waals surface area contributed by atoms with Gasteiger partial charge in [0, 0.05) is 12.5 Å². The fourth-order valence-corrected chi connectivity index (χ4v) is 5.03. The number of ether oxygens (including phenoxy) is 1. The first-order valence-electron chi connectivity index (χ1n) is 11.6. The molecule has 2 aromatic carbocycles. The van der Waals surface area contributed by atoms with Gasteiger partial charge in [-0.25, -0.2) is 4.79 Å². The molecule has 33 heavy (non-hydrogen) atoms. The summed E-state index contributed by atoms with van der Waals surface area (Å²) in [5, 5.41) is 15.0. The number of nitrogens with one attached hydrogen (secondary N) is 2. The third-order valence-corrected chi connectivity index (χ3v) is 6.98. The third-order valence-electron chi connectivity index (χ3n) is 6.98. The Kier molecular flexibility index (Phi) is 6.67. The van der Waals surface area contributed by atoms with Crippen molar-refractivity contribution < 1.29 is 24.2 Å². The molecule has 2 aliphatic carbocycles. The molecular formula is C26H30N2O5. The Bertz CT molecular complexity index is 999. The molecule has 1 atom stereocenters. The summed E-state index contributed by atoms with van der Waals surface area (Å²) >= 11 is 0. The number of aliphatic carboxylic acids is 1. The maximum absolute atomic E-state index is 12.6. The van der Waals surface area contributed by atoms with Crippen LogP contribution < -0.4 is 10.6 Å². The van der Waals surface area contributed by atoms with E-state index in [1.54, 1.807) is 6.92 Å². The van der Waals surface area contributed by atoms with Gasteiger partial charge in [-0.15, -0.1) is 0 Å². The van der Waals surface area contributed by atoms with Crippen LogP contribution in [0.25, 0.3) is 11.1 Å². The summed E-state index contributed by atoms with van der Waals surface area (Å²) in [5.74, 6) is -1.33.